The molecule has 6 nitrogen and oxygen atoms in total. The Balaban J connectivity index is 2.14. The highest BCUT2D eigenvalue weighted by molar-refractivity contribution is 6.30. The van der Waals surface area contributed by atoms with Crippen LogP contribution in [0.1, 0.15) is 10.4 Å². The highest BCUT2D eigenvalue weighted by Crippen LogP contribution is 2.34. The van der Waals surface area contributed by atoms with Crippen LogP contribution in [0.2, 0.25) is 5.02 Å². The number of amides is 1. The highest BCUT2D eigenvalue weighted by Gasteiger charge is 2.14. The Hall–Kier alpha value is -2.99. The van der Waals surface area contributed by atoms with Crippen molar-refractivity contribution in [3.8, 4) is 11.5 Å². The summed E-state index contributed by atoms with van der Waals surface area (Å²) in [5.41, 5.74) is 7.41. The summed E-state index contributed by atoms with van der Waals surface area (Å²) < 4.78 is 5.19. The van der Waals surface area contributed by atoms with Crippen molar-refractivity contribution in [1.82, 2.24) is 4.98 Å². The number of primary amides is 1. The van der Waals surface area contributed by atoms with Crippen molar-refractivity contribution in [2.75, 3.05) is 12.4 Å². The lowest BCUT2D eigenvalue weighted by Crippen LogP contribution is -2.12. The second kappa shape index (κ2) is 6.25. The number of carbonyl (C=O) groups is 1. The van der Waals surface area contributed by atoms with Crippen molar-refractivity contribution in [2.45, 2.75) is 0 Å². The molecule has 0 atom stereocenters. The highest BCUT2D eigenvalue weighted by atomic mass is 35.5. The fourth-order valence-electron chi connectivity index (χ4n) is 2.40. The lowest BCUT2D eigenvalue weighted by molar-refractivity contribution is 0.0997. The van der Waals surface area contributed by atoms with Gasteiger partial charge in [-0.3, -0.25) is 9.78 Å². The SMILES string of the molecule is COc1cc2nccc(Nc3ccc(Cl)cc3O)c2cc1C(N)=O. The van der Waals surface area contributed by atoms with Gasteiger partial charge in [0, 0.05) is 34.4 Å². The molecule has 0 spiro atoms. The van der Waals surface area contributed by atoms with E-state index in [1.807, 2.05) is 0 Å². The monoisotopic (exact) mass is 343 g/mol. The Bertz CT molecular complexity index is 944. The van der Waals surface area contributed by atoms with E-state index in [0.29, 0.717) is 33.0 Å². The number of hydrogen-bond acceptors (Lipinski definition) is 5. The average molecular weight is 344 g/mol. The van der Waals surface area contributed by atoms with Crippen LogP contribution in [0.5, 0.6) is 11.5 Å². The van der Waals surface area contributed by atoms with Crippen molar-refractivity contribution in [1.29, 1.82) is 0 Å². The molecule has 0 aliphatic heterocycles. The number of nitrogens with zero attached hydrogens (tertiary/aromatic N) is 1. The van der Waals surface area contributed by atoms with E-state index >= 15 is 0 Å². The molecule has 0 aliphatic rings. The molecule has 1 heterocycles. The molecule has 0 saturated heterocycles. The molecular formula is C17H14ClN3O3. The van der Waals surface area contributed by atoms with Crippen molar-refractivity contribution in [3.63, 3.8) is 0 Å². The number of benzene rings is 2. The molecule has 2 aromatic carbocycles. The lowest BCUT2D eigenvalue weighted by Gasteiger charge is -2.13. The molecule has 0 radical (unpaired) electrons. The Morgan fingerprint density at radius 2 is 2.04 bits per heavy atom. The van der Waals surface area contributed by atoms with E-state index in [4.69, 9.17) is 22.1 Å². The van der Waals surface area contributed by atoms with Crippen molar-refractivity contribution < 1.29 is 14.6 Å². The zero-order chi connectivity index (χ0) is 17.3. The quantitative estimate of drug-likeness (QED) is 0.630. The molecular weight excluding hydrogens is 330 g/mol. The summed E-state index contributed by atoms with van der Waals surface area (Å²) >= 11 is 5.84. The van der Waals surface area contributed by atoms with Gasteiger partial charge in [0.2, 0.25) is 0 Å². The van der Waals surface area contributed by atoms with Crippen molar-refractivity contribution >= 4 is 39.8 Å². The number of nitrogens with one attached hydrogen (secondary N) is 1. The van der Waals surface area contributed by atoms with Gasteiger partial charge in [-0.15, -0.1) is 0 Å². The molecule has 1 aromatic heterocycles. The molecule has 0 bridgehead atoms. The number of phenols is 1. The molecule has 0 fully saturated rings. The number of phenolic OH excluding ortho intramolecular Hbond substituents is 1. The van der Waals surface area contributed by atoms with Crippen molar-refractivity contribution in [3.05, 3.63) is 53.2 Å². The number of aromatic hydroxyl groups is 1. The number of fused-ring (bicyclic) bond motifs is 1. The first kappa shape index (κ1) is 15.9. The van der Waals surface area contributed by atoms with Gasteiger partial charge < -0.3 is 20.9 Å². The molecule has 7 heteroatoms. The summed E-state index contributed by atoms with van der Waals surface area (Å²) in [5, 5.41) is 14.2. The van der Waals surface area contributed by atoms with E-state index in [9.17, 15) is 9.90 Å². The van der Waals surface area contributed by atoms with Gasteiger partial charge in [0.25, 0.3) is 5.91 Å². The third-order valence-electron chi connectivity index (χ3n) is 3.56. The molecule has 24 heavy (non-hydrogen) atoms. The molecule has 1 amide bonds. The Morgan fingerprint density at radius 1 is 1.25 bits per heavy atom. The van der Waals surface area contributed by atoms with Gasteiger partial charge in [-0.05, 0) is 24.3 Å². The number of carbonyl (C=O) groups excluding carboxylic acids is 1. The summed E-state index contributed by atoms with van der Waals surface area (Å²) in [4.78, 5) is 15.9. The fraction of sp³-hybridized carbons (Fsp3) is 0.0588. The zero-order valence-electron chi connectivity index (χ0n) is 12.7. The summed E-state index contributed by atoms with van der Waals surface area (Å²) in [6, 6.07) is 9.73. The van der Waals surface area contributed by atoms with Crippen LogP contribution in [-0.2, 0) is 0 Å². The first-order valence-electron chi connectivity index (χ1n) is 7.01. The van der Waals surface area contributed by atoms with Crippen LogP contribution < -0.4 is 15.8 Å². The number of halogens is 1. The minimum Gasteiger partial charge on any atom is -0.506 e. The normalized spacial score (nSPS) is 10.6. The smallest absolute Gasteiger partial charge is 0.252 e. The second-order valence-electron chi connectivity index (χ2n) is 5.08. The number of pyridine rings is 1. The number of aromatic nitrogens is 1. The van der Waals surface area contributed by atoms with Gasteiger partial charge in [-0.1, -0.05) is 11.6 Å². The molecule has 4 N–H and O–H groups in total. The molecule has 0 unspecified atom stereocenters. The average Bonchev–Trinajstić information content (AvgIpc) is 2.56. The van der Waals surface area contributed by atoms with E-state index < -0.39 is 5.91 Å². The van der Waals surface area contributed by atoms with Crippen LogP contribution >= 0.6 is 11.6 Å². The Labute approximate surface area is 142 Å². The number of hydrogen-bond donors (Lipinski definition) is 3. The van der Waals surface area contributed by atoms with E-state index in [-0.39, 0.29) is 11.3 Å². The largest absolute Gasteiger partial charge is 0.506 e. The minimum atomic E-state index is -0.599. The first-order chi connectivity index (χ1) is 11.5. The number of ether oxygens (including phenoxy) is 1. The molecule has 122 valence electrons. The van der Waals surface area contributed by atoms with Crippen LogP contribution in [-0.4, -0.2) is 23.1 Å². The summed E-state index contributed by atoms with van der Waals surface area (Å²) in [7, 11) is 1.46. The number of rotatable bonds is 4. The van der Waals surface area contributed by atoms with Gasteiger partial charge in [0.05, 0.1) is 23.9 Å². The molecule has 0 saturated carbocycles. The van der Waals surface area contributed by atoms with Crippen LogP contribution in [0, 0.1) is 0 Å². The summed E-state index contributed by atoms with van der Waals surface area (Å²) in [5.74, 6) is -0.233. The van der Waals surface area contributed by atoms with Crippen LogP contribution in [0.15, 0.2) is 42.6 Å². The Morgan fingerprint density at radius 3 is 2.71 bits per heavy atom. The van der Waals surface area contributed by atoms with E-state index in [0.717, 1.165) is 0 Å². The Kier molecular flexibility index (Phi) is 4.14. The number of nitrogens with two attached hydrogens (primary N) is 1. The second-order valence-corrected chi connectivity index (χ2v) is 5.52. The maximum atomic E-state index is 11.6. The van der Waals surface area contributed by atoms with E-state index in [1.54, 1.807) is 36.5 Å². The van der Waals surface area contributed by atoms with Crippen molar-refractivity contribution in [2.24, 2.45) is 5.73 Å². The fourth-order valence-corrected chi connectivity index (χ4v) is 2.57. The predicted molar refractivity (Wildman–Crippen MR) is 93.2 cm³/mol. The molecule has 3 rings (SSSR count). The molecule has 0 aliphatic carbocycles. The minimum absolute atomic E-state index is 0.0103. The van der Waals surface area contributed by atoms with Gasteiger partial charge in [0.1, 0.15) is 11.5 Å². The topological polar surface area (TPSA) is 97.5 Å². The molecule has 3 aromatic rings. The summed E-state index contributed by atoms with van der Waals surface area (Å²) in [6.07, 6.45) is 1.61. The first-order valence-corrected chi connectivity index (χ1v) is 7.39. The van der Waals surface area contributed by atoms with E-state index in [2.05, 4.69) is 10.3 Å². The summed E-state index contributed by atoms with van der Waals surface area (Å²) in [6.45, 7) is 0. The zero-order valence-corrected chi connectivity index (χ0v) is 13.5. The van der Waals surface area contributed by atoms with Crippen LogP contribution in [0.4, 0.5) is 11.4 Å². The van der Waals surface area contributed by atoms with Crippen LogP contribution in [0.25, 0.3) is 10.9 Å². The standard InChI is InChI=1S/C17H14ClN3O3/c1-24-16-8-14-10(7-11(16)17(19)23)12(4-5-20-14)21-13-3-2-9(18)6-15(13)22/h2-8,22H,1H3,(H2,19,23)(H,20,21). The third kappa shape index (κ3) is 2.91. The maximum Gasteiger partial charge on any atom is 0.252 e. The number of methoxy groups -OCH3 is 1. The predicted octanol–water partition coefficient (Wildman–Crippen LogP) is 3.44. The van der Waals surface area contributed by atoms with Gasteiger partial charge in [-0.2, -0.15) is 0 Å². The maximum absolute atomic E-state index is 11.6. The number of anilines is 2. The van der Waals surface area contributed by atoms with Gasteiger partial charge in [-0.25, -0.2) is 0 Å². The van der Waals surface area contributed by atoms with Gasteiger partial charge in [0.15, 0.2) is 0 Å². The third-order valence-corrected chi connectivity index (χ3v) is 3.79. The van der Waals surface area contributed by atoms with Gasteiger partial charge >= 0.3 is 0 Å². The lowest BCUT2D eigenvalue weighted by atomic mass is 10.1. The van der Waals surface area contributed by atoms with Crippen LogP contribution in [0.3, 0.4) is 0 Å². The van der Waals surface area contributed by atoms with E-state index in [1.165, 1.54) is 13.2 Å².